The molecule has 0 aliphatic carbocycles. The standard InChI is InChI=1S/C17H27N3O5/c1-13-10-8-6-4-3-5-7-9-11-14(21)18-16(19-17(23)24)20(2)12-15(22)25-13/h3-4,13H,5-12H2,1-2H3,(H,23,24)(H,18,19,21)/b4-3+/t13-/m0/s1/i2D3. The minimum atomic E-state index is -2.91. The van der Waals surface area contributed by atoms with Crippen LogP contribution < -0.4 is 5.32 Å². The summed E-state index contributed by atoms with van der Waals surface area (Å²) >= 11 is 0. The molecule has 0 saturated heterocycles. The number of hydrogen-bond acceptors (Lipinski definition) is 4. The van der Waals surface area contributed by atoms with E-state index in [1.54, 1.807) is 6.92 Å². The molecule has 25 heavy (non-hydrogen) atoms. The molecule has 8 heteroatoms. The first-order valence-electron chi connectivity index (χ1n) is 9.83. The number of ether oxygens (including phenoxy) is 1. The van der Waals surface area contributed by atoms with Gasteiger partial charge in [-0.15, -0.1) is 4.99 Å². The van der Waals surface area contributed by atoms with Gasteiger partial charge in [-0.2, -0.15) is 0 Å². The molecule has 0 aromatic rings. The van der Waals surface area contributed by atoms with E-state index in [2.05, 4.69) is 10.3 Å². The van der Waals surface area contributed by atoms with Gasteiger partial charge >= 0.3 is 12.1 Å². The molecule has 0 saturated carbocycles. The molecule has 8 nitrogen and oxygen atoms in total. The van der Waals surface area contributed by atoms with Crippen molar-refractivity contribution in [1.29, 1.82) is 0 Å². The second-order valence-corrected chi connectivity index (χ2v) is 5.80. The summed E-state index contributed by atoms with van der Waals surface area (Å²) < 4.78 is 28.0. The van der Waals surface area contributed by atoms with Crippen LogP contribution in [-0.2, 0) is 14.3 Å². The number of allylic oxidation sites excluding steroid dienone is 2. The third-order valence-corrected chi connectivity index (χ3v) is 3.50. The molecule has 2 amide bonds. The molecule has 1 atom stereocenters. The number of likely N-dealkylation sites (N-methyl/N-ethyl adjacent to an activating group) is 1. The highest BCUT2D eigenvalue weighted by atomic mass is 16.5. The van der Waals surface area contributed by atoms with Crippen LogP contribution in [0.25, 0.3) is 0 Å². The number of hydrogen-bond donors (Lipinski definition) is 2. The predicted octanol–water partition coefficient (Wildman–Crippen LogP) is 2.30. The highest BCUT2D eigenvalue weighted by Crippen LogP contribution is 2.08. The number of esters is 1. The second kappa shape index (κ2) is 11.2. The van der Waals surface area contributed by atoms with Crippen LogP contribution in [0.15, 0.2) is 17.1 Å². The minimum Gasteiger partial charge on any atom is -0.463 e. The van der Waals surface area contributed by atoms with E-state index in [-0.39, 0.29) is 6.42 Å². The first-order chi connectivity index (χ1) is 13.1. The molecule has 1 aliphatic rings. The quantitative estimate of drug-likeness (QED) is 0.509. The van der Waals surface area contributed by atoms with Gasteiger partial charge in [-0.25, -0.2) is 4.79 Å². The average Bonchev–Trinajstić information content (AvgIpc) is 2.55. The number of carbonyl (C=O) groups excluding carboxylic acids is 2. The first kappa shape index (κ1) is 16.1. The largest absolute Gasteiger partial charge is 0.463 e. The van der Waals surface area contributed by atoms with E-state index < -0.39 is 43.6 Å². The zero-order valence-corrected chi connectivity index (χ0v) is 14.4. The van der Waals surface area contributed by atoms with Crippen LogP contribution in [-0.4, -0.2) is 53.6 Å². The van der Waals surface area contributed by atoms with E-state index in [0.29, 0.717) is 17.7 Å². The SMILES string of the molecule is [2H]C([2H])([2H])N1CC(=O)O[C@@H](C)CCC/C=C/CCCCC(=O)NC1=NC(=O)O. The molecule has 140 valence electrons. The van der Waals surface area contributed by atoms with Crippen molar-refractivity contribution in [3.8, 4) is 0 Å². The molecular weight excluding hydrogens is 326 g/mol. The lowest BCUT2D eigenvalue weighted by Crippen LogP contribution is -2.45. The fourth-order valence-electron chi connectivity index (χ4n) is 2.26. The van der Waals surface area contributed by atoms with Gasteiger partial charge in [0.05, 0.1) is 6.10 Å². The fraction of sp³-hybridized carbons (Fsp3) is 0.647. The second-order valence-electron chi connectivity index (χ2n) is 5.80. The van der Waals surface area contributed by atoms with Crippen molar-refractivity contribution in [3.63, 3.8) is 0 Å². The van der Waals surface area contributed by atoms with Gasteiger partial charge in [-0.05, 0) is 45.4 Å². The van der Waals surface area contributed by atoms with Gasteiger partial charge in [0.25, 0.3) is 0 Å². The van der Waals surface area contributed by atoms with Crippen LogP contribution in [0, 0.1) is 0 Å². The lowest BCUT2D eigenvalue weighted by atomic mass is 10.1. The van der Waals surface area contributed by atoms with E-state index in [1.807, 2.05) is 12.2 Å². The Bertz CT molecular complexity index is 620. The molecule has 1 rings (SSSR count). The molecule has 0 aromatic carbocycles. The lowest BCUT2D eigenvalue weighted by molar-refractivity contribution is -0.148. The summed E-state index contributed by atoms with van der Waals surface area (Å²) in [6.45, 7) is -1.98. The van der Waals surface area contributed by atoms with Gasteiger partial charge in [0, 0.05) is 17.5 Å². The smallest absolute Gasteiger partial charge is 0.434 e. The summed E-state index contributed by atoms with van der Waals surface area (Å²) in [4.78, 5) is 38.9. The van der Waals surface area contributed by atoms with E-state index in [1.165, 1.54) is 0 Å². The maximum absolute atomic E-state index is 12.2. The number of nitrogens with zero attached hydrogens (tertiary/aromatic N) is 2. The maximum Gasteiger partial charge on any atom is 0.434 e. The zero-order valence-electron chi connectivity index (χ0n) is 17.4. The minimum absolute atomic E-state index is 0.0722. The van der Waals surface area contributed by atoms with Gasteiger partial charge in [-0.1, -0.05) is 12.2 Å². The number of nitrogens with one attached hydrogen (secondary N) is 1. The van der Waals surface area contributed by atoms with Crippen molar-refractivity contribution in [2.75, 3.05) is 13.5 Å². The number of carbonyl (C=O) groups is 3. The number of carboxylic acid groups (broad SMARTS) is 1. The van der Waals surface area contributed by atoms with Gasteiger partial charge in [0.1, 0.15) is 6.54 Å². The molecular formula is C17H27N3O5. The highest BCUT2D eigenvalue weighted by Gasteiger charge is 2.18. The van der Waals surface area contributed by atoms with Crippen LogP contribution in [0.5, 0.6) is 0 Å². The Hall–Kier alpha value is -2.38. The Morgan fingerprint density at radius 2 is 2.08 bits per heavy atom. The zero-order chi connectivity index (χ0) is 21.2. The Morgan fingerprint density at radius 1 is 1.36 bits per heavy atom. The lowest BCUT2D eigenvalue weighted by Gasteiger charge is -2.21. The van der Waals surface area contributed by atoms with Crippen molar-refractivity contribution >= 4 is 23.9 Å². The van der Waals surface area contributed by atoms with Crippen LogP contribution >= 0.6 is 0 Å². The first-order valence-corrected chi connectivity index (χ1v) is 8.33. The molecule has 0 radical (unpaired) electrons. The Morgan fingerprint density at radius 3 is 2.76 bits per heavy atom. The average molecular weight is 356 g/mol. The summed E-state index contributed by atoms with van der Waals surface area (Å²) in [7, 11) is 0. The summed E-state index contributed by atoms with van der Waals surface area (Å²) in [5.41, 5.74) is 0. The summed E-state index contributed by atoms with van der Waals surface area (Å²) in [6.07, 6.45) is 6.38. The Kier molecular flexibility index (Phi) is 7.23. The van der Waals surface area contributed by atoms with Crippen LogP contribution in [0.3, 0.4) is 0 Å². The Labute approximate surface area is 152 Å². The Balaban J connectivity index is 3.07. The molecule has 0 spiro atoms. The van der Waals surface area contributed by atoms with Gasteiger partial charge < -0.3 is 14.7 Å². The van der Waals surface area contributed by atoms with Crippen LogP contribution in [0.2, 0.25) is 0 Å². The highest BCUT2D eigenvalue weighted by molar-refractivity contribution is 6.01. The fourth-order valence-corrected chi connectivity index (χ4v) is 2.26. The van der Waals surface area contributed by atoms with Gasteiger partial charge in [0.2, 0.25) is 11.9 Å². The number of rotatable bonds is 0. The van der Waals surface area contributed by atoms with E-state index >= 15 is 0 Å². The molecule has 1 heterocycles. The third kappa shape index (κ3) is 9.49. The monoisotopic (exact) mass is 356 g/mol. The van der Waals surface area contributed by atoms with E-state index in [4.69, 9.17) is 14.0 Å². The molecule has 0 fully saturated rings. The maximum atomic E-state index is 12.2. The number of guanidine groups is 1. The molecule has 0 unspecified atom stereocenters. The van der Waals surface area contributed by atoms with E-state index in [0.717, 1.165) is 25.7 Å². The third-order valence-electron chi connectivity index (χ3n) is 3.50. The number of aliphatic imine (C=N–C) groups is 1. The van der Waals surface area contributed by atoms with Crippen molar-refractivity contribution < 1.29 is 28.3 Å². The van der Waals surface area contributed by atoms with Crippen molar-refractivity contribution in [1.82, 2.24) is 10.2 Å². The summed E-state index contributed by atoms with van der Waals surface area (Å²) in [5, 5.41) is 11.1. The summed E-state index contributed by atoms with van der Waals surface area (Å²) in [6, 6.07) is 0. The van der Waals surface area contributed by atoms with Crippen LogP contribution in [0.4, 0.5) is 4.79 Å². The molecule has 1 aliphatic heterocycles. The van der Waals surface area contributed by atoms with Crippen LogP contribution in [0.1, 0.15) is 56.0 Å². The topological polar surface area (TPSA) is 108 Å². The molecule has 2 N–H and O–H groups in total. The van der Waals surface area contributed by atoms with Crippen molar-refractivity contribution in [2.24, 2.45) is 4.99 Å². The molecule has 0 aromatic heterocycles. The molecule has 0 bridgehead atoms. The summed E-state index contributed by atoms with van der Waals surface area (Å²) in [5.74, 6) is -2.15. The van der Waals surface area contributed by atoms with Crippen molar-refractivity contribution in [3.05, 3.63) is 12.2 Å². The normalized spacial score (nSPS) is 27.2. The predicted molar refractivity (Wildman–Crippen MR) is 93.2 cm³/mol. The van der Waals surface area contributed by atoms with E-state index in [9.17, 15) is 14.4 Å². The number of cyclic esters (lactones) is 1. The van der Waals surface area contributed by atoms with Gasteiger partial charge in [-0.3, -0.25) is 14.9 Å². The number of amides is 2. The van der Waals surface area contributed by atoms with Gasteiger partial charge in [0.15, 0.2) is 0 Å². The van der Waals surface area contributed by atoms with Crippen molar-refractivity contribution in [2.45, 2.75) is 58.0 Å².